The van der Waals surface area contributed by atoms with Crippen LogP contribution in [-0.4, -0.2) is 42.0 Å². The summed E-state index contributed by atoms with van der Waals surface area (Å²) >= 11 is 5.74. The van der Waals surface area contributed by atoms with E-state index in [0.29, 0.717) is 43.7 Å². The molecule has 1 fully saturated rings. The highest BCUT2D eigenvalue weighted by Gasteiger charge is 2.21. The zero-order valence-electron chi connectivity index (χ0n) is 15.8. The molecule has 152 valence electrons. The van der Waals surface area contributed by atoms with Gasteiger partial charge in [0.25, 0.3) is 0 Å². The molecule has 1 amide bonds. The fourth-order valence-corrected chi connectivity index (χ4v) is 3.76. The Morgan fingerprint density at radius 2 is 1.93 bits per heavy atom. The van der Waals surface area contributed by atoms with Gasteiger partial charge in [0, 0.05) is 38.3 Å². The number of carbonyl (C=O) groups is 1. The van der Waals surface area contributed by atoms with Crippen molar-refractivity contribution < 1.29 is 13.6 Å². The van der Waals surface area contributed by atoms with Gasteiger partial charge in [-0.2, -0.15) is 0 Å². The van der Waals surface area contributed by atoms with E-state index in [1.54, 1.807) is 12.1 Å². The quantitative estimate of drug-likeness (QED) is 0.688. The largest absolute Gasteiger partial charge is 0.417 e. The molecule has 0 radical (unpaired) electrons. The minimum absolute atomic E-state index is 0.111. The lowest BCUT2D eigenvalue weighted by molar-refractivity contribution is -0.131. The minimum atomic E-state index is -0.465. The maximum Gasteiger partial charge on any atom is 0.417 e. The zero-order chi connectivity index (χ0) is 20.4. The van der Waals surface area contributed by atoms with Crippen LogP contribution in [0.2, 0.25) is 5.02 Å². The van der Waals surface area contributed by atoms with Crippen LogP contribution in [0.4, 0.5) is 10.1 Å². The number of nitrogens with zero attached hydrogens (tertiary/aromatic N) is 2. The van der Waals surface area contributed by atoms with E-state index >= 15 is 0 Å². The van der Waals surface area contributed by atoms with Crippen molar-refractivity contribution >= 4 is 34.3 Å². The Hall–Kier alpha value is -2.80. The molecule has 0 spiro atoms. The number of nitrogens with one attached hydrogen (secondary N) is 1. The number of oxazole rings is 1. The number of aromatic amines is 1. The third-order valence-electron chi connectivity index (χ3n) is 5.24. The summed E-state index contributed by atoms with van der Waals surface area (Å²) in [6, 6.07) is 10.4. The number of piperazine rings is 1. The van der Waals surface area contributed by atoms with Crippen LogP contribution in [0.25, 0.3) is 11.1 Å². The van der Waals surface area contributed by atoms with Crippen LogP contribution < -0.4 is 10.7 Å². The van der Waals surface area contributed by atoms with Gasteiger partial charge >= 0.3 is 5.76 Å². The monoisotopic (exact) mass is 417 g/mol. The molecule has 1 N–H and O–H groups in total. The minimum Gasteiger partial charge on any atom is -0.408 e. The van der Waals surface area contributed by atoms with Crippen LogP contribution in [0.15, 0.2) is 45.6 Å². The number of halogens is 2. The van der Waals surface area contributed by atoms with E-state index in [1.807, 2.05) is 23.1 Å². The number of hydrogen-bond donors (Lipinski definition) is 1. The van der Waals surface area contributed by atoms with Gasteiger partial charge in [-0.25, -0.2) is 9.18 Å². The summed E-state index contributed by atoms with van der Waals surface area (Å²) in [5, 5.41) is 0.111. The number of aryl methyl sites for hydroxylation is 1. The van der Waals surface area contributed by atoms with Gasteiger partial charge < -0.3 is 14.2 Å². The number of carbonyl (C=O) groups excluding carboxylic acids is 1. The molecule has 6 nitrogen and oxygen atoms in total. The number of rotatable bonds is 5. The molecular formula is C21H21ClFN3O3. The summed E-state index contributed by atoms with van der Waals surface area (Å²) in [6.07, 6.45) is 1.92. The van der Waals surface area contributed by atoms with Crippen molar-refractivity contribution in [3.63, 3.8) is 0 Å². The first kappa shape index (κ1) is 19.5. The van der Waals surface area contributed by atoms with Crippen molar-refractivity contribution in [2.24, 2.45) is 0 Å². The van der Waals surface area contributed by atoms with Crippen molar-refractivity contribution in [3.05, 3.63) is 63.4 Å². The number of H-pyrrole nitrogens is 1. The predicted molar refractivity (Wildman–Crippen MR) is 110 cm³/mol. The second kappa shape index (κ2) is 8.29. The third kappa shape index (κ3) is 4.45. The maximum atomic E-state index is 13.7. The van der Waals surface area contributed by atoms with E-state index in [4.69, 9.17) is 16.0 Å². The van der Waals surface area contributed by atoms with Gasteiger partial charge in [-0.05, 0) is 48.7 Å². The van der Waals surface area contributed by atoms with Crippen LogP contribution in [0.1, 0.15) is 18.4 Å². The van der Waals surface area contributed by atoms with Crippen molar-refractivity contribution in [2.75, 3.05) is 31.1 Å². The van der Waals surface area contributed by atoms with Gasteiger partial charge in [0.15, 0.2) is 5.58 Å². The fraction of sp³-hybridized carbons (Fsp3) is 0.333. The Balaban J connectivity index is 1.26. The molecular weight excluding hydrogens is 397 g/mol. The third-order valence-corrected chi connectivity index (χ3v) is 5.55. The second-order valence-electron chi connectivity index (χ2n) is 7.16. The smallest absolute Gasteiger partial charge is 0.408 e. The standard InChI is InChI=1S/C21H21ClFN3O3/c22-16-6-5-15(13-17(16)23)25-8-10-26(11-9-25)20(27)3-1-2-14-4-7-18-19(12-14)29-21(28)24-18/h4-7,12-13H,1-3,8-11H2,(H,24,28). The maximum absolute atomic E-state index is 13.7. The predicted octanol–water partition coefficient (Wildman–Crippen LogP) is 3.59. The van der Waals surface area contributed by atoms with Crippen LogP contribution in [0, 0.1) is 5.82 Å². The second-order valence-corrected chi connectivity index (χ2v) is 7.57. The average Bonchev–Trinajstić information content (AvgIpc) is 3.09. The van der Waals surface area contributed by atoms with Crippen molar-refractivity contribution in [2.45, 2.75) is 19.3 Å². The average molecular weight is 418 g/mol. The summed E-state index contributed by atoms with van der Waals surface area (Å²) < 4.78 is 18.7. The molecule has 0 saturated carbocycles. The van der Waals surface area contributed by atoms with E-state index in [2.05, 4.69) is 9.88 Å². The molecule has 2 aromatic carbocycles. The summed E-state index contributed by atoms with van der Waals surface area (Å²) in [7, 11) is 0. The highest BCUT2D eigenvalue weighted by Crippen LogP contribution is 2.23. The first-order valence-electron chi connectivity index (χ1n) is 9.59. The van der Waals surface area contributed by atoms with Crippen LogP contribution >= 0.6 is 11.6 Å². The van der Waals surface area contributed by atoms with Gasteiger partial charge in [-0.1, -0.05) is 17.7 Å². The molecule has 0 unspecified atom stereocenters. The van der Waals surface area contributed by atoms with Crippen molar-refractivity contribution in [1.29, 1.82) is 0 Å². The van der Waals surface area contributed by atoms with E-state index in [-0.39, 0.29) is 10.9 Å². The molecule has 3 aromatic rings. The van der Waals surface area contributed by atoms with E-state index in [0.717, 1.165) is 24.1 Å². The van der Waals surface area contributed by atoms with Crippen LogP contribution in [0.3, 0.4) is 0 Å². The number of fused-ring (bicyclic) bond motifs is 1. The van der Waals surface area contributed by atoms with E-state index in [9.17, 15) is 14.0 Å². The fourth-order valence-electron chi connectivity index (χ4n) is 3.64. The van der Waals surface area contributed by atoms with E-state index < -0.39 is 11.6 Å². The van der Waals surface area contributed by atoms with Crippen molar-refractivity contribution in [1.82, 2.24) is 9.88 Å². The lowest BCUT2D eigenvalue weighted by Gasteiger charge is -2.36. The van der Waals surface area contributed by atoms with Crippen molar-refractivity contribution in [3.8, 4) is 0 Å². The molecule has 1 aliphatic heterocycles. The summed E-state index contributed by atoms with van der Waals surface area (Å²) in [6.45, 7) is 2.55. The molecule has 4 rings (SSSR count). The van der Waals surface area contributed by atoms with E-state index in [1.165, 1.54) is 6.07 Å². The highest BCUT2D eigenvalue weighted by atomic mass is 35.5. The lowest BCUT2D eigenvalue weighted by Crippen LogP contribution is -2.48. The number of aromatic nitrogens is 1. The highest BCUT2D eigenvalue weighted by molar-refractivity contribution is 6.30. The molecule has 8 heteroatoms. The van der Waals surface area contributed by atoms with Gasteiger partial charge in [0.2, 0.25) is 5.91 Å². The van der Waals surface area contributed by atoms with Gasteiger partial charge in [-0.15, -0.1) is 0 Å². The number of hydrogen-bond acceptors (Lipinski definition) is 4. The first-order valence-corrected chi connectivity index (χ1v) is 9.97. The Morgan fingerprint density at radius 3 is 2.69 bits per heavy atom. The molecule has 0 atom stereocenters. The normalized spacial score (nSPS) is 14.6. The van der Waals surface area contributed by atoms with Crippen LogP contribution in [0.5, 0.6) is 0 Å². The molecule has 1 aliphatic rings. The SMILES string of the molecule is O=C(CCCc1ccc2[nH]c(=O)oc2c1)N1CCN(c2ccc(Cl)c(F)c2)CC1. The lowest BCUT2D eigenvalue weighted by atomic mass is 10.1. The Kier molecular flexibility index (Phi) is 5.58. The van der Waals surface area contributed by atoms with Gasteiger partial charge in [0.1, 0.15) is 5.82 Å². The molecule has 0 aliphatic carbocycles. The number of anilines is 1. The first-order chi connectivity index (χ1) is 14.0. The molecule has 1 saturated heterocycles. The molecule has 29 heavy (non-hydrogen) atoms. The van der Waals surface area contributed by atoms with Gasteiger partial charge in [-0.3, -0.25) is 9.78 Å². The van der Waals surface area contributed by atoms with Gasteiger partial charge in [0.05, 0.1) is 10.5 Å². The summed E-state index contributed by atoms with van der Waals surface area (Å²) in [5.41, 5.74) is 3.02. The molecule has 1 aromatic heterocycles. The Bertz CT molecular complexity index is 1090. The topological polar surface area (TPSA) is 69.5 Å². The number of benzene rings is 2. The zero-order valence-corrected chi connectivity index (χ0v) is 16.5. The summed E-state index contributed by atoms with van der Waals surface area (Å²) in [4.78, 5) is 30.3. The Morgan fingerprint density at radius 1 is 1.14 bits per heavy atom. The Labute approximate surface area is 171 Å². The van der Waals surface area contributed by atoms with Crippen LogP contribution in [-0.2, 0) is 11.2 Å². The summed E-state index contributed by atoms with van der Waals surface area (Å²) in [5.74, 6) is -0.770. The number of amides is 1. The molecule has 0 bridgehead atoms. The molecule has 2 heterocycles.